The van der Waals surface area contributed by atoms with E-state index in [2.05, 4.69) is 38.5 Å². The number of fused-ring (bicyclic) bond motifs is 1. The number of aliphatic hydroxyl groups excluding tert-OH is 1. The van der Waals surface area contributed by atoms with Gasteiger partial charge in [0.2, 0.25) is 0 Å². The van der Waals surface area contributed by atoms with Crippen molar-refractivity contribution in [2.24, 2.45) is 0 Å². The van der Waals surface area contributed by atoms with E-state index in [0.29, 0.717) is 6.54 Å². The van der Waals surface area contributed by atoms with E-state index in [1.165, 1.54) is 0 Å². The summed E-state index contributed by atoms with van der Waals surface area (Å²) in [5, 5.41) is 13.1. The highest BCUT2D eigenvalue weighted by Gasteiger charge is 2.10. The number of H-pyrrole nitrogens is 1. The van der Waals surface area contributed by atoms with E-state index in [1.54, 1.807) is 0 Å². The molecule has 4 aromatic rings. The van der Waals surface area contributed by atoms with Crippen molar-refractivity contribution in [1.29, 1.82) is 0 Å². The fourth-order valence-corrected chi connectivity index (χ4v) is 2.87. The average Bonchev–Trinajstić information content (AvgIpc) is 3.10. The van der Waals surface area contributed by atoms with E-state index in [-0.39, 0.29) is 8.03 Å². The van der Waals surface area contributed by atoms with Crippen molar-refractivity contribution < 1.29 is 6.53 Å². The van der Waals surface area contributed by atoms with E-state index in [0.717, 1.165) is 39.2 Å². The number of benzene rings is 1. The minimum atomic E-state index is 0. The Kier molecular flexibility index (Phi) is 4.14. The molecule has 0 aliphatic rings. The van der Waals surface area contributed by atoms with Gasteiger partial charge >= 0.3 is 0 Å². The lowest BCUT2D eigenvalue weighted by Crippen LogP contribution is -2.06. The molecule has 126 valence electrons. The summed E-state index contributed by atoms with van der Waals surface area (Å²) in [5.74, 6) is 0.744. The number of aromatic amines is 1. The third kappa shape index (κ3) is 3.09. The molecule has 0 fully saturated rings. The fraction of sp³-hybridized carbons (Fsp3) is 0.100. The Balaban J connectivity index is 0.00000196. The summed E-state index contributed by atoms with van der Waals surface area (Å²) in [6.07, 6.45) is 3.81. The summed E-state index contributed by atoms with van der Waals surface area (Å²) >= 11 is 0. The highest BCUT2D eigenvalue weighted by atomic mass is 16.3. The molecular weight excluding hydrogens is 312 g/mol. The maximum absolute atomic E-state index is 8.96. The lowest BCUT2D eigenvalue weighted by atomic mass is 10.0. The molecule has 0 saturated heterocycles. The van der Waals surface area contributed by atoms with Gasteiger partial charge in [0, 0.05) is 36.9 Å². The van der Waals surface area contributed by atoms with E-state index >= 15 is 0 Å². The zero-order valence-electron chi connectivity index (χ0n) is 13.6. The highest BCUT2D eigenvalue weighted by Crippen LogP contribution is 2.30. The number of nitrogens with one attached hydrogen (secondary N) is 2. The van der Waals surface area contributed by atoms with Crippen molar-refractivity contribution in [3.63, 3.8) is 0 Å². The van der Waals surface area contributed by atoms with Crippen LogP contribution in [0.5, 0.6) is 0 Å². The maximum Gasteiger partial charge on any atom is 0.137 e. The van der Waals surface area contributed by atoms with Crippen LogP contribution in [-0.4, -0.2) is 33.2 Å². The summed E-state index contributed by atoms with van der Waals surface area (Å²) in [5.41, 5.74) is 4.92. The molecule has 0 spiro atoms. The van der Waals surface area contributed by atoms with Gasteiger partial charge in [-0.1, -0.05) is 36.4 Å². The molecule has 0 atom stereocenters. The predicted octanol–water partition coefficient (Wildman–Crippen LogP) is 3.94. The Morgan fingerprint density at radius 3 is 2.76 bits per heavy atom. The minimum absolute atomic E-state index is 0. The van der Waals surface area contributed by atoms with Crippen molar-refractivity contribution in [2.45, 2.75) is 0 Å². The molecule has 0 aliphatic heterocycles. The molecule has 0 bridgehead atoms. The Hall–Kier alpha value is -3.18. The lowest BCUT2D eigenvalue weighted by molar-refractivity contribution is 0.311. The smallest absolute Gasteiger partial charge is 0.137 e. The van der Waals surface area contributed by atoms with Gasteiger partial charge in [-0.25, -0.2) is 9.97 Å². The van der Waals surface area contributed by atoms with Crippen LogP contribution in [0.4, 0.5) is 5.82 Å². The quantitative estimate of drug-likeness (QED) is 0.517. The Morgan fingerprint density at radius 1 is 1.04 bits per heavy atom. The third-order valence-electron chi connectivity index (χ3n) is 4.08. The summed E-state index contributed by atoms with van der Waals surface area (Å²) in [7, 11) is 0. The Morgan fingerprint density at radius 2 is 1.92 bits per heavy atom. The number of pyridine rings is 2. The van der Waals surface area contributed by atoms with Gasteiger partial charge in [0.15, 0.2) is 0 Å². The molecule has 3 N–H and O–H groups in total. The number of aliphatic hydroxyl groups is 1. The number of aromatic nitrogens is 3. The largest absolute Gasteiger partial charge is 0.395 e. The molecule has 0 radical (unpaired) electrons. The van der Waals surface area contributed by atoms with Crippen molar-refractivity contribution in [3.8, 4) is 22.4 Å². The number of rotatable bonds is 5. The molecule has 4 rings (SSSR count). The lowest BCUT2D eigenvalue weighted by Gasteiger charge is -2.06. The topological polar surface area (TPSA) is 73.8 Å². The van der Waals surface area contributed by atoms with Crippen LogP contribution in [0.25, 0.3) is 33.4 Å². The molecule has 0 aliphatic carbocycles. The minimum Gasteiger partial charge on any atom is -0.395 e. The Bertz CT molecular complexity index is 1000. The van der Waals surface area contributed by atoms with Crippen LogP contribution in [0, 0.1) is 0 Å². The standard InChI is InChI=1S/C20H18N4O.H2/c25-10-9-21-19-8-4-7-18(24-19)17-13-23-20-16(17)11-15(12-22-20)14-5-2-1-3-6-14;/h1-8,11-13,25H,9-10H2,(H,21,24)(H,22,23);1H. The number of hydrogen-bond donors (Lipinski definition) is 3. The third-order valence-corrected chi connectivity index (χ3v) is 4.08. The van der Waals surface area contributed by atoms with Gasteiger partial charge in [-0.15, -0.1) is 0 Å². The molecule has 5 nitrogen and oxygen atoms in total. The molecule has 0 unspecified atom stereocenters. The SMILES string of the molecule is OCCNc1cccc(-c2c[nH]c3ncc(-c4ccccc4)cc23)n1.[HH]. The van der Waals surface area contributed by atoms with Crippen LogP contribution < -0.4 is 5.32 Å². The van der Waals surface area contributed by atoms with Crippen LogP contribution in [0.3, 0.4) is 0 Å². The van der Waals surface area contributed by atoms with Gasteiger partial charge in [0.05, 0.1) is 12.3 Å². The second-order valence-electron chi connectivity index (χ2n) is 5.75. The highest BCUT2D eigenvalue weighted by molar-refractivity contribution is 5.95. The van der Waals surface area contributed by atoms with E-state index < -0.39 is 0 Å². The first-order chi connectivity index (χ1) is 12.3. The van der Waals surface area contributed by atoms with Gasteiger partial charge in [-0.05, 0) is 23.8 Å². The number of anilines is 1. The van der Waals surface area contributed by atoms with Gasteiger partial charge in [-0.2, -0.15) is 0 Å². The van der Waals surface area contributed by atoms with Crippen LogP contribution in [0.2, 0.25) is 0 Å². The zero-order chi connectivity index (χ0) is 17.1. The van der Waals surface area contributed by atoms with Gasteiger partial charge in [-0.3, -0.25) is 0 Å². The number of hydrogen-bond acceptors (Lipinski definition) is 4. The Labute approximate surface area is 146 Å². The van der Waals surface area contributed by atoms with E-state index in [1.807, 2.05) is 48.8 Å². The van der Waals surface area contributed by atoms with Crippen molar-refractivity contribution in [3.05, 3.63) is 67.0 Å². The molecule has 5 heteroatoms. The van der Waals surface area contributed by atoms with Gasteiger partial charge < -0.3 is 15.4 Å². The van der Waals surface area contributed by atoms with Gasteiger partial charge in [0.25, 0.3) is 0 Å². The normalized spacial score (nSPS) is 10.9. The molecule has 3 aromatic heterocycles. The molecular formula is C20H20N4O. The maximum atomic E-state index is 8.96. The van der Waals surface area contributed by atoms with Crippen molar-refractivity contribution in [1.82, 2.24) is 15.0 Å². The summed E-state index contributed by atoms with van der Waals surface area (Å²) in [4.78, 5) is 12.4. The zero-order valence-corrected chi connectivity index (χ0v) is 13.6. The summed E-state index contributed by atoms with van der Waals surface area (Å²) in [6, 6.07) is 18.2. The second-order valence-corrected chi connectivity index (χ2v) is 5.75. The molecule has 0 amide bonds. The molecule has 0 saturated carbocycles. The first kappa shape index (κ1) is 15.4. The monoisotopic (exact) mass is 332 g/mol. The fourth-order valence-electron chi connectivity index (χ4n) is 2.87. The van der Waals surface area contributed by atoms with Crippen LogP contribution >= 0.6 is 0 Å². The van der Waals surface area contributed by atoms with E-state index in [4.69, 9.17) is 5.11 Å². The van der Waals surface area contributed by atoms with Crippen LogP contribution in [0.15, 0.2) is 67.0 Å². The van der Waals surface area contributed by atoms with Crippen molar-refractivity contribution in [2.75, 3.05) is 18.5 Å². The van der Waals surface area contributed by atoms with Crippen molar-refractivity contribution >= 4 is 16.9 Å². The van der Waals surface area contributed by atoms with Crippen LogP contribution in [0.1, 0.15) is 1.43 Å². The molecule has 1 aromatic carbocycles. The predicted molar refractivity (Wildman–Crippen MR) is 102 cm³/mol. The summed E-state index contributed by atoms with van der Waals surface area (Å²) < 4.78 is 0. The van der Waals surface area contributed by atoms with E-state index in [9.17, 15) is 0 Å². The first-order valence-corrected chi connectivity index (χ1v) is 8.20. The number of nitrogens with zero attached hydrogens (tertiary/aromatic N) is 2. The van der Waals surface area contributed by atoms with Crippen LogP contribution in [-0.2, 0) is 0 Å². The molecule has 25 heavy (non-hydrogen) atoms. The summed E-state index contributed by atoms with van der Waals surface area (Å²) in [6.45, 7) is 0.549. The van der Waals surface area contributed by atoms with Gasteiger partial charge in [0.1, 0.15) is 11.5 Å². The average molecular weight is 332 g/mol. The molecule has 3 heterocycles. The second kappa shape index (κ2) is 6.75. The first-order valence-electron chi connectivity index (χ1n) is 8.20.